The molecule has 94 valence electrons. The fourth-order valence-corrected chi connectivity index (χ4v) is 1.92. The van der Waals surface area contributed by atoms with Gasteiger partial charge in [0.15, 0.2) is 0 Å². The van der Waals surface area contributed by atoms with Crippen LogP contribution in [0.15, 0.2) is 33.3 Å². The van der Waals surface area contributed by atoms with Crippen LogP contribution in [0.2, 0.25) is 0 Å². The first kappa shape index (κ1) is 13.3. The first-order chi connectivity index (χ1) is 8.60. The molecule has 1 heterocycles. The van der Waals surface area contributed by atoms with Gasteiger partial charge in [-0.25, -0.2) is 10.8 Å². The number of hydrazine groups is 1. The van der Waals surface area contributed by atoms with E-state index in [0.717, 1.165) is 20.2 Å². The molecule has 0 bridgehead atoms. The molecule has 7 heteroatoms. The molecule has 0 atom stereocenters. The molecule has 0 aliphatic heterocycles. The molecule has 0 saturated carbocycles. The Bertz CT molecular complexity index is 573. The maximum absolute atomic E-state index is 5.28. The van der Waals surface area contributed by atoms with E-state index in [-0.39, 0.29) is 0 Å². The fraction of sp³-hybridized carbons (Fsp3) is 0.0909. The number of benzene rings is 1. The molecule has 0 aliphatic rings. The van der Waals surface area contributed by atoms with E-state index in [2.05, 4.69) is 52.6 Å². The molecule has 0 fully saturated rings. The molecule has 2 aromatic rings. The molecular weight excluding hydrogens is 362 g/mol. The first-order valence-electron chi connectivity index (χ1n) is 5.12. The number of nitrogens with two attached hydrogens (primary N) is 1. The van der Waals surface area contributed by atoms with Gasteiger partial charge in [-0.05, 0) is 46.6 Å². The van der Waals surface area contributed by atoms with Gasteiger partial charge in [-0.3, -0.25) is 5.43 Å². The summed E-state index contributed by atoms with van der Waals surface area (Å²) in [6.07, 6.45) is 1.64. The van der Waals surface area contributed by atoms with Crippen LogP contribution in [0.4, 0.5) is 17.5 Å². The van der Waals surface area contributed by atoms with Crippen LogP contribution in [0.3, 0.4) is 0 Å². The number of rotatable bonds is 3. The average molecular weight is 373 g/mol. The van der Waals surface area contributed by atoms with Crippen LogP contribution in [-0.4, -0.2) is 9.97 Å². The lowest BCUT2D eigenvalue weighted by molar-refractivity contribution is 1.11. The Morgan fingerprint density at radius 2 is 2.00 bits per heavy atom. The lowest BCUT2D eigenvalue weighted by Crippen LogP contribution is -2.11. The lowest BCUT2D eigenvalue weighted by atomic mass is 10.2. The third kappa shape index (κ3) is 2.98. The summed E-state index contributed by atoms with van der Waals surface area (Å²) in [6.45, 7) is 2.02. The monoisotopic (exact) mass is 371 g/mol. The number of aromatic nitrogens is 2. The van der Waals surface area contributed by atoms with Crippen LogP contribution in [-0.2, 0) is 0 Å². The molecule has 4 N–H and O–H groups in total. The van der Waals surface area contributed by atoms with Crippen molar-refractivity contribution >= 4 is 49.3 Å². The number of hydrogen-bond acceptors (Lipinski definition) is 5. The Morgan fingerprint density at radius 1 is 1.22 bits per heavy atom. The average Bonchev–Trinajstić information content (AvgIpc) is 2.36. The second-order valence-corrected chi connectivity index (χ2v) is 5.33. The van der Waals surface area contributed by atoms with Crippen molar-refractivity contribution in [3.63, 3.8) is 0 Å². The quantitative estimate of drug-likeness (QED) is 0.569. The smallest absolute Gasteiger partial charge is 0.239 e. The van der Waals surface area contributed by atoms with Gasteiger partial charge in [0, 0.05) is 16.4 Å². The van der Waals surface area contributed by atoms with Gasteiger partial charge >= 0.3 is 0 Å². The standard InChI is InChI=1S/C11H11Br2N5/c1-6-4-7(2-3-8(6)12)16-10-9(13)5-15-11(17-10)18-14/h2-5H,14H2,1H3,(H2,15,16,17,18). The van der Waals surface area contributed by atoms with E-state index >= 15 is 0 Å². The molecule has 5 nitrogen and oxygen atoms in total. The van der Waals surface area contributed by atoms with Crippen molar-refractivity contribution < 1.29 is 0 Å². The van der Waals surface area contributed by atoms with E-state index in [1.807, 2.05) is 25.1 Å². The Labute approximate surface area is 121 Å². The maximum Gasteiger partial charge on any atom is 0.239 e. The van der Waals surface area contributed by atoms with Crippen LogP contribution in [0.25, 0.3) is 0 Å². The molecule has 0 radical (unpaired) electrons. The van der Waals surface area contributed by atoms with Crippen molar-refractivity contribution in [1.29, 1.82) is 0 Å². The summed E-state index contributed by atoms with van der Waals surface area (Å²) in [7, 11) is 0. The van der Waals surface area contributed by atoms with E-state index < -0.39 is 0 Å². The van der Waals surface area contributed by atoms with Crippen molar-refractivity contribution in [2.75, 3.05) is 10.7 Å². The highest BCUT2D eigenvalue weighted by molar-refractivity contribution is 9.10. The predicted octanol–water partition coefficient (Wildman–Crippen LogP) is 3.34. The van der Waals surface area contributed by atoms with Crippen LogP contribution in [0.5, 0.6) is 0 Å². The van der Waals surface area contributed by atoms with Gasteiger partial charge in [0.2, 0.25) is 5.95 Å². The van der Waals surface area contributed by atoms with Crippen molar-refractivity contribution in [3.8, 4) is 0 Å². The minimum absolute atomic E-state index is 0.356. The van der Waals surface area contributed by atoms with E-state index in [4.69, 9.17) is 5.84 Å². The number of nitrogens with zero attached hydrogens (tertiary/aromatic N) is 2. The molecule has 1 aromatic carbocycles. The summed E-state index contributed by atoms with van der Waals surface area (Å²) < 4.78 is 1.83. The number of aryl methyl sites for hydroxylation is 1. The summed E-state index contributed by atoms with van der Waals surface area (Å²) in [5.41, 5.74) is 4.49. The minimum Gasteiger partial charge on any atom is -0.339 e. The van der Waals surface area contributed by atoms with Crippen LogP contribution >= 0.6 is 31.9 Å². The molecule has 0 spiro atoms. The number of anilines is 3. The van der Waals surface area contributed by atoms with Gasteiger partial charge in [0.25, 0.3) is 0 Å². The highest BCUT2D eigenvalue weighted by Crippen LogP contribution is 2.26. The Kier molecular flexibility index (Phi) is 4.15. The Morgan fingerprint density at radius 3 is 2.67 bits per heavy atom. The second kappa shape index (κ2) is 5.64. The molecule has 0 saturated heterocycles. The summed E-state index contributed by atoms with van der Waals surface area (Å²) >= 11 is 6.85. The van der Waals surface area contributed by atoms with E-state index in [0.29, 0.717) is 11.8 Å². The number of nitrogens with one attached hydrogen (secondary N) is 2. The lowest BCUT2D eigenvalue weighted by Gasteiger charge is -2.10. The Balaban J connectivity index is 2.30. The van der Waals surface area contributed by atoms with Crippen molar-refractivity contribution in [1.82, 2.24) is 9.97 Å². The van der Waals surface area contributed by atoms with Gasteiger partial charge in [0.05, 0.1) is 4.47 Å². The van der Waals surface area contributed by atoms with Crippen molar-refractivity contribution in [3.05, 3.63) is 38.9 Å². The number of nitrogen functional groups attached to an aromatic ring is 1. The first-order valence-corrected chi connectivity index (χ1v) is 6.71. The van der Waals surface area contributed by atoms with Crippen molar-refractivity contribution in [2.45, 2.75) is 6.92 Å². The van der Waals surface area contributed by atoms with E-state index in [9.17, 15) is 0 Å². The number of halogens is 2. The zero-order valence-corrected chi connectivity index (χ0v) is 12.7. The molecular formula is C11H11Br2N5. The zero-order chi connectivity index (χ0) is 13.1. The molecule has 0 unspecified atom stereocenters. The van der Waals surface area contributed by atoms with Gasteiger partial charge in [-0.1, -0.05) is 15.9 Å². The third-order valence-electron chi connectivity index (χ3n) is 2.29. The second-order valence-electron chi connectivity index (χ2n) is 3.62. The summed E-state index contributed by atoms with van der Waals surface area (Å²) in [5, 5.41) is 3.20. The summed E-state index contributed by atoms with van der Waals surface area (Å²) in [4.78, 5) is 8.21. The largest absolute Gasteiger partial charge is 0.339 e. The van der Waals surface area contributed by atoms with Crippen LogP contribution in [0, 0.1) is 6.92 Å². The minimum atomic E-state index is 0.356. The highest BCUT2D eigenvalue weighted by atomic mass is 79.9. The number of hydrogen-bond donors (Lipinski definition) is 3. The van der Waals surface area contributed by atoms with Gasteiger partial charge in [-0.15, -0.1) is 0 Å². The predicted molar refractivity (Wildman–Crippen MR) is 79.7 cm³/mol. The van der Waals surface area contributed by atoms with Gasteiger partial charge < -0.3 is 5.32 Å². The van der Waals surface area contributed by atoms with Crippen LogP contribution in [0.1, 0.15) is 5.56 Å². The molecule has 18 heavy (non-hydrogen) atoms. The van der Waals surface area contributed by atoms with Crippen molar-refractivity contribution in [2.24, 2.45) is 5.84 Å². The Hall–Kier alpha value is -1.18. The highest BCUT2D eigenvalue weighted by Gasteiger charge is 2.05. The third-order valence-corrected chi connectivity index (χ3v) is 3.76. The van der Waals surface area contributed by atoms with E-state index in [1.54, 1.807) is 6.20 Å². The summed E-state index contributed by atoms with van der Waals surface area (Å²) in [6, 6.07) is 5.96. The molecule has 0 amide bonds. The van der Waals surface area contributed by atoms with Gasteiger partial charge in [-0.2, -0.15) is 4.98 Å². The zero-order valence-electron chi connectivity index (χ0n) is 9.54. The molecule has 0 aliphatic carbocycles. The van der Waals surface area contributed by atoms with Gasteiger partial charge in [0.1, 0.15) is 5.82 Å². The normalized spacial score (nSPS) is 10.2. The maximum atomic E-state index is 5.28. The molecule has 1 aromatic heterocycles. The van der Waals surface area contributed by atoms with Crippen LogP contribution < -0.4 is 16.6 Å². The molecule has 2 rings (SSSR count). The SMILES string of the molecule is Cc1cc(Nc2nc(NN)ncc2Br)ccc1Br. The topological polar surface area (TPSA) is 75.9 Å². The summed E-state index contributed by atoms with van der Waals surface area (Å²) in [5.74, 6) is 6.29. The fourth-order valence-electron chi connectivity index (χ4n) is 1.38. The van der Waals surface area contributed by atoms with E-state index in [1.165, 1.54) is 0 Å².